The number of thioether (sulfide) groups is 1. The van der Waals surface area contributed by atoms with Gasteiger partial charge in [-0.2, -0.15) is 31.4 Å². The van der Waals surface area contributed by atoms with Gasteiger partial charge in [0.05, 0.1) is 23.1 Å². The third-order valence-corrected chi connectivity index (χ3v) is 3.42. The number of halogens is 6. The van der Waals surface area contributed by atoms with Crippen LogP contribution in [-0.4, -0.2) is 23.0 Å². The lowest BCUT2D eigenvalue weighted by Crippen LogP contribution is -2.19. The maximum atomic E-state index is 12.7. The van der Waals surface area contributed by atoms with Gasteiger partial charge in [0.1, 0.15) is 0 Å². The minimum atomic E-state index is -4.93. The number of amides is 1. The first-order valence-corrected chi connectivity index (χ1v) is 6.87. The summed E-state index contributed by atoms with van der Waals surface area (Å²) >= 11 is 1.02. The average Bonchev–Trinajstić information content (AvgIpc) is 2.82. The Morgan fingerprint density at radius 1 is 1.04 bits per heavy atom. The topological polar surface area (TPSA) is 53.8 Å². The lowest BCUT2D eigenvalue weighted by atomic mass is 10.1. The highest BCUT2D eigenvalue weighted by molar-refractivity contribution is 8.15. The third-order valence-electron chi connectivity index (χ3n) is 2.55. The van der Waals surface area contributed by atoms with Crippen LogP contribution < -0.4 is 5.32 Å². The molecule has 1 saturated heterocycles. The fourth-order valence-corrected chi connectivity index (χ4v) is 2.21. The normalized spacial score (nSPS) is 18.0. The molecule has 0 saturated carbocycles. The standard InChI is InChI=1S/C12H7F6N3OS/c13-11(14,15)7-1-6(2-8(3-7)12(16,17)18)4-19-21-10-20-9(22)5-23-10/h1-4H,5H2,(H,20,21,22). The quantitative estimate of drug-likeness (QED) is 0.503. The predicted octanol–water partition coefficient (Wildman–Crippen LogP) is 3.28. The Bertz CT molecular complexity index is 648. The van der Waals surface area contributed by atoms with Crippen LogP contribution in [0.1, 0.15) is 16.7 Å². The number of nitrogens with zero attached hydrogens (tertiary/aromatic N) is 2. The second-order valence-corrected chi connectivity index (χ2v) is 5.29. The molecule has 23 heavy (non-hydrogen) atoms. The Hall–Kier alpha value is -2.04. The van der Waals surface area contributed by atoms with Crippen LogP contribution in [-0.2, 0) is 17.1 Å². The fraction of sp³-hybridized carbons (Fsp3) is 0.250. The van der Waals surface area contributed by atoms with Crippen molar-refractivity contribution < 1.29 is 31.1 Å². The van der Waals surface area contributed by atoms with Crippen LogP contribution in [0.3, 0.4) is 0 Å². The van der Waals surface area contributed by atoms with E-state index in [1.165, 1.54) is 0 Å². The lowest BCUT2D eigenvalue weighted by molar-refractivity contribution is -0.143. The molecule has 1 aromatic rings. The number of hydrogen-bond acceptors (Lipinski definition) is 4. The summed E-state index contributed by atoms with van der Waals surface area (Å²) < 4.78 is 75.9. The first kappa shape index (κ1) is 17.3. The number of nitrogens with one attached hydrogen (secondary N) is 1. The monoisotopic (exact) mass is 355 g/mol. The van der Waals surface area contributed by atoms with Crippen molar-refractivity contribution in [2.45, 2.75) is 12.4 Å². The number of carbonyl (C=O) groups is 1. The molecule has 0 spiro atoms. The Kier molecular flexibility index (Phi) is 4.68. The van der Waals surface area contributed by atoms with Crippen molar-refractivity contribution in [1.29, 1.82) is 0 Å². The van der Waals surface area contributed by atoms with Crippen LogP contribution in [0.4, 0.5) is 26.3 Å². The van der Waals surface area contributed by atoms with E-state index >= 15 is 0 Å². The SMILES string of the molecule is O=C1CSC(=NN=Cc2cc(C(F)(F)F)cc(C(F)(F)F)c2)N1. The molecule has 1 aliphatic rings. The Balaban J connectivity index is 2.32. The van der Waals surface area contributed by atoms with Gasteiger partial charge in [0.2, 0.25) is 5.91 Å². The van der Waals surface area contributed by atoms with E-state index in [1.54, 1.807) is 0 Å². The molecule has 1 aliphatic heterocycles. The number of amidine groups is 1. The fourth-order valence-electron chi connectivity index (χ4n) is 1.58. The summed E-state index contributed by atoms with van der Waals surface area (Å²) in [6.07, 6.45) is -9.10. The van der Waals surface area contributed by atoms with Gasteiger partial charge in [-0.25, -0.2) is 0 Å². The summed E-state index contributed by atoms with van der Waals surface area (Å²) in [4.78, 5) is 10.9. The first-order valence-electron chi connectivity index (χ1n) is 5.89. The van der Waals surface area contributed by atoms with Crippen molar-refractivity contribution in [3.63, 3.8) is 0 Å². The summed E-state index contributed by atoms with van der Waals surface area (Å²) in [7, 11) is 0. The van der Waals surface area contributed by atoms with Crippen molar-refractivity contribution in [1.82, 2.24) is 5.32 Å². The van der Waals surface area contributed by atoms with Crippen LogP contribution in [0.5, 0.6) is 0 Å². The highest BCUT2D eigenvalue weighted by Crippen LogP contribution is 2.36. The summed E-state index contributed by atoms with van der Waals surface area (Å²) in [6.45, 7) is 0. The molecule has 0 unspecified atom stereocenters. The molecule has 0 bridgehead atoms. The van der Waals surface area contributed by atoms with Gasteiger partial charge in [0.25, 0.3) is 0 Å². The van der Waals surface area contributed by atoms with Gasteiger partial charge < -0.3 is 5.32 Å². The predicted molar refractivity (Wildman–Crippen MR) is 72.1 cm³/mol. The molecule has 124 valence electrons. The highest BCUT2D eigenvalue weighted by atomic mass is 32.2. The van der Waals surface area contributed by atoms with Gasteiger partial charge in [-0.05, 0) is 23.8 Å². The van der Waals surface area contributed by atoms with E-state index in [1.807, 2.05) is 0 Å². The van der Waals surface area contributed by atoms with Gasteiger partial charge in [0.15, 0.2) is 5.17 Å². The van der Waals surface area contributed by atoms with Crippen molar-refractivity contribution in [2.75, 3.05) is 5.75 Å². The molecular weight excluding hydrogens is 348 g/mol. The van der Waals surface area contributed by atoms with Crippen LogP contribution in [0.25, 0.3) is 0 Å². The smallest absolute Gasteiger partial charge is 0.303 e. The number of benzene rings is 1. The van der Waals surface area contributed by atoms with Crippen LogP contribution >= 0.6 is 11.8 Å². The Morgan fingerprint density at radius 3 is 2.04 bits per heavy atom. The maximum absolute atomic E-state index is 12.7. The minimum absolute atomic E-state index is 0.0241. The summed E-state index contributed by atoms with van der Waals surface area (Å²) in [6, 6.07) is 1.08. The zero-order chi connectivity index (χ0) is 17.3. The van der Waals surface area contributed by atoms with E-state index in [-0.39, 0.29) is 22.9 Å². The minimum Gasteiger partial charge on any atom is -0.303 e. The second kappa shape index (κ2) is 6.22. The summed E-state index contributed by atoms with van der Waals surface area (Å²) in [5, 5.41) is 9.34. The van der Waals surface area contributed by atoms with Crippen molar-refractivity contribution in [2.24, 2.45) is 10.2 Å². The highest BCUT2D eigenvalue weighted by Gasteiger charge is 2.36. The van der Waals surface area contributed by atoms with Crippen LogP contribution in [0.15, 0.2) is 28.4 Å². The zero-order valence-corrected chi connectivity index (χ0v) is 11.8. The second-order valence-electron chi connectivity index (χ2n) is 4.33. The van der Waals surface area contributed by atoms with Crippen molar-refractivity contribution >= 4 is 29.1 Å². The Labute approximate surface area is 129 Å². The molecule has 0 radical (unpaired) electrons. The molecule has 0 aliphatic carbocycles. The summed E-state index contributed by atoms with van der Waals surface area (Å²) in [5.41, 5.74) is -3.29. The molecule has 0 aromatic heterocycles. The number of hydrogen-bond donors (Lipinski definition) is 1. The van der Waals surface area contributed by atoms with Gasteiger partial charge in [-0.1, -0.05) is 11.8 Å². The average molecular weight is 355 g/mol. The molecule has 0 atom stereocenters. The molecule has 2 rings (SSSR count). The molecule has 1 heterocycles. The maximum Gasteiger partial charge on any atom is 0.416 e. The third kappa shape index (κ3) is 4.71. The van der Waals surface area contributed by atoms with E-state index < -0.39 is 29.0 Å². The first-order chi connectivity index (χ1) is 10.6. The molecule has 4 nitrogen and oxygen atoms in total. The van der Waals surface area contributed by atoms with Crippen molar-refractivity contribution in [3.8, 4) is 0 Å². The van der Waals surface area contributed by atoms with E-state index in [0.29, 0.717) is 12.1 Å². The van der Waals surface area contributed by atoms with Crippen molar-refractivity contribution in [3.05, 3.63) is 34.9 Å². The van der Waals surface area contributed by atoms with E-state index in [0.717, 1.165) is 18.0 Å². The molecular formula is C12H7F6N3OS. The van der Waals surface area contributed by atoms with Gasteiger partial charge >= 0.3 is 12.4 Å². The number of alkyl halides is 6. The van der Waals surface area contributed by atoms with E-state index in [9.17, 15) is 31.1 Å². The number of carbonyl (C=O) groups excluding carboxylic acids is 1. The number of rotatable bonds is 2. The molecule has 1 amide bonds. The Morgan fingerprint density at radius 2 is 1.61 bits per heavy atom. The van der Waals surface area contributed by atoms with Crippen LogP contribution in [0, 0.1) is 0 Å². The van der Waals surface area contributed by atoms with Crippen LogP contribution in [0.2, 0.25) is 0 Å². The van der Waals surface area contributed by atoms with Gasteiger partial charge in [-0.15, -0.1) is 5.10 Å². The van der Waals surface area contributed by atoms with E-state index in [4.69, 9.17) is 0 Å². The molecule has 1 fully saturated rings. The lowest BCUT2D eigenvalue weighted by Gasteiger charge is -2.12. The molecule has 1 aromatic carbocycles. The largest absolute Gasteiger partial charge is 0.416 e. The zero-order valence-electron chi connectivity index (χ0n) is 11.0. The summed E-state index contributed by atoms with van der Waals surface area (Å²) in [5.74, 6) is -0.196. The molecule has 1 N–H and O–H groups in total. The van der Waals surface area contributed by atoms with Gasteiger partial charge in [-0.3, -0.25) is 4.79 Å². The molecule has 11 heteroatoms. The van der Waals surface area contributed by atoms with E-state index in [2.05, 4.69) is 15.5 Å². The van der Waals surface area contributed by atoms with Gasteiger partial charge in [0, 0.05) is 0 Å².